The van der Waals surface area contributed by atoms with Crippen LogP contribution >= 0.6 is 0 Å². The monoisotopic (exact) mass is 361 g/mol. The zero-order valence-corrected chi connectivity index (χ0v) is 16.8. The van der Waals surface area contributed by atoms with Gasteiger partial charge in [-0.15, -0.1) is 0 Å². The normalized spacial score (nSPS) is 22.9. The highest BCUT2D eigenvalue weighted by Crippen LogP contribution is 2.26. The van der Waals surface area contributed by atoms with Gasteiger partial charge in [0.2, 0.25) is 0 Å². The second-order valence-corrected chi connectivity index (χ2v) is 7.86. The summed E-state index contributed by atoms with van der Waals surface area (Å²) in [5.74, 6) is -0.216. The van der Waals surface area contributed by atoms with E-state index in [0.29, 0.717) is 17.6 Å². The predicted octanol–water partition coefficient (Wildman–Crippen LogP) is 3.44. The van der Waals surface area contributed by atoms with Crippen molar-refractivity contribution in [3.05, 3.63) is 29.3 Å². The Kier molecular flexibility index (Phi) is 6.81. The molecule has 1 amide bonds. The highest BCUT2D eigenvalue weighted by Gasteiger charge is 2.39. The molecule has 0 aromatic heterocycles. The third-order valence-electron chi connectivity index (χ3n) is 5.37. The Bertz CT molecular complexity index is 636. The third-order valence-corrected chi connectivity index (χ3v) is 5.37. The van der Waals surface area contributed by atoms with Crippen LogP contribution in [0, 0.1) is 19.8 Å². The van der Waals surface area contributed by atoms with Crippen molar-refractivity contribution in [2.45, 2.75) is 53.6 Å². The number of carbonyl (C=O) groups excluding carboxylic acids is 2. The molecule has 26 heavy (non-hydrogen) atoms. The lowest BCUT2D eigenvalue weighted by molar-refractivity contribution is -0.925. The maximum absolute atomic E-state index is 12.8. The molecule has 0 radical (unpaired) electrons. The van der Waals surface area contributed by atoms with E-state index in [9.17, 15) is 9.59 Å². The van der Waals surface area contributed by atoms with Crippen molar-refractivity contribution < 1.29 is 18.8 Å². The van der Waals surface area contributed by atoms with Crippen LogP contribution in [0.25, 0.3) is 0 Å². The van der Waals surface area contributed by atoms with Gasteiger partial charge in [0.05, 0.1) is 25.7 Å². The van der Waals surface area contributed by atoms with Crippen molar-refractivity contribution in [1.82, 2.24) is 0 Å². The zero-order chi connectivity index (χ0) is 19.3. The summed E-state index contributed by atoms with van der Waals surface area (Å²) in [7, 11) is 0. The van der Waals surface area contributed by atoms with Gasteiger partial charge < -0.3 is 14.5 Å². The highest BCUT2D eigenvalue weighted by molar-refractivity contribution is 5.93. The Morgan fingerprint density at radius 3 is 2.50 bits per heavy atom. The van der Waals surface area contributed by atoms with E-state index in [0.717, 1.165) is 42.7 Å². The summed E-state index contributed by atoms with van der Waals surface area (Å²) in [6.07, 6.45) is 1.70. The smallest absolute Gasteiger partial charge is 0.314 e. The van der Waals surface area contributed by atoms with Gasteiger partial charge in [-0.05, 0) is 58.6 Å². The van der Waals surface area contributed by atoms with Gasteiger partial charge in [0.1, 0.15) is 5.92 Å². The molecular formula is C21H33N2O3+. The Morgan fingerprint density at radius 2 is 1.92 bits per heavy atom. The van der Waals surface area contributed by atoms with Gasteiger partial charge in [-0.1, -0.05) is 18.2 Å². The summed E-state index contributed by atoms with van der Waals surface area (Å²) in [5.41, 5.74) is 3.04. The minimum absolute atomic E-state index is 0.0159. The SMILES string of the molecule is CC[N+]1(CC(=O)Nc2c(C)cccc2C)CCCC(C(=O)OC(C)C)C1. The number of hydrogen-bond donors (Lipinski definition) is 1. The lowest BCUT2D eigenvalue weighted by atomic mass is 9.95. The fourth-order valence-corrected chi connectivity index (χ4v) is 3.88. The molecule has 1 aromatic carbocycles. The summed E-state index contributed by atoms with van der Waals surface area (Å²) in [5, 5.41) is 3.09. The van der Waals surface area contributed by atoms with Crippen molar-refractivity contribution in [1.29, 1.82) is 0 Å². The van der Waals surface area contributed by atoms with Crippen LogP contribution in [-0.4, -0.2) is 48.6 Å². The van der Waals surface area contributed by atoms with Crippen molar-refractivity contribution in [3.63, 3.8) is 0 Å². The van der Waals surface area contributed by atoms with Crippen LogP contribution in [0.4, 0.5) is 5.69 Å². The molecule has 1 aromatic rings. The minimum Gasteiger partial charge on any atom is -0.463 e. The number of likely N-dealkylation sites (N-methyl/N-ethyl adjacent to an activating group) is 1. The number of piperidine rings is 1. The lowest BCUT2D eigenvalue weighted by Gasteiger charge is -2.42. The molecule has 1 aliphatic heterocycles. The maximum atomic E-state index is 12.8. The van der Waals surface area contributed by atoms with Crippen molar-refractivity contribution in [2.75, 3.05) is 31.5 Å². The molecule has 144 valence electrons. The number of benzene rings is 1. The minimum atomic E-state index is -0.120. The third kappa shape index (κ3) is 5.07. The highest BCUT2D eigenvalue weighted by atomic mass is 16.5. The van der Waals surface area contributed by atoms with Gasteiger partial charge in [0, 0.05) is 5.69 Å². The Balaban J connectivity index is 2.06. The van der Waals surface area contributed by atoms with E-state index in [1.807, 2.05) is 45.9 Å². The average molecular weight is 362 g/mol. The number of carbonyl (C=O) groups is 2. The molecule has 0 spiro atoms. The van der Waals surface area contributed by atoms with E-state index in [1.54, 1.807) is 0 Å². The quantitative estimate of drug-likeness (QED) is 0.624. The van der Waals surface area contributed by atoms with E-state index < -0.39 is 0 Å². The summed E-state index contributed by atoms with van der Waals surface area (Å²) in [4.78, 5) is 25.1. The van der Waals surface area contributed by atoms with Gasteiger partial charge >= 0.3 is 5.97 Å². The van der Waals surface area contributed by atoms with Crippen molar-refractivity contribution >= 4 is 17.6 Å². The topological polar surface area (TPSA) is 55.4 Å². The van der Waals surface area contributed by atoms with E-state index in [1.165, 1.54) is 0 Å². The number of nitrogens with zero attached hydrogens (tertiary/aromatic N) is 1. The average Bonchev–Trinajstić information content (AvgIpc) is 2.58. The first-order valence-electron chi connectivity index (χ1n) is 9.68. The molecule has 2 unspecified atom stereocenters. The van der Waals surface area contributed by atoms with E-state index in [-0.39, 0.29) is 23.9 Å². The molecule has 0 saturated carbocycles. The Labute approximate surface area is 157 Å². The molecule has 2 rings (SSSR count). The Hall–Kier alpha value is -1.88. The first-order valence-corrected chi connectivity index (χ1v) is 9.68. The molecule has 0 aliphatic carbocycles. The predicted molar refractivity (Wildman–Crippen MR) is 104 cm³/mol. The molecule has 2 atom stereocenters. The number of anilines is 1. The van der Waals surface area contributed by atoms with E-state index in [2.05, 4.69) is 12.2 Å². The fraction of sp³-hybridized carbons (Fsp3) is 0.619. The van der Waals surface area contributed by atoms with Gasteiger partial charge in [-0.2, -0.15) is 0 Å². The van der Waals surface area contributed by atoms with Crippen LogP contribution in [0.1, 0.15) is 44.7 Å². The van der Waals surface area contributed by atoms with Crippen LogP contribution in [0.3, 0.4) is 0 Å². The number of ether oxygens (including phenoxy) is 1. The molecule has 1 heterocycles. The number of rotatable bonds is 6. The fourth-order valence-electron chi connectivity index (χ4n) is 3.88. The standard InChI is InChI=1S/C21H32N2O3/c1-6-23(12-8-11-18(13-23)21(25)26-15(2)3)14-19(24)22-20-16(4)9-7-10-17(20)5/h7,9-10,15,18H,6,8,11-14H2,1-5H3/p+1. The zero-order valence-electron chi connectivity index (χ0n) is 16.8. The number of hydrogen-bond acceptors (Lipinski definition) is 3. The van der Waals surface area contributed by atoms with Crippen molar-refractivity contribution in [3.8, 4) is 0 Å². The molecule has 1 N–H and O–H groups in total. The number of amides is 1. The first kappa shape index (κ1) is 20.4. The molecule has 0 bridgehead atoms. The second-order valence-electron chi connectivity index (χ2n) is 7.86. The number of para-hydroxylation sites is 1. The molecular weight excluding hydrogens is 328 g/mol. The largest absolute Gasteiger partial charge is 0.463 e. The van der Waals surface area contributed by atoms with Crippen LogP contribution in [0.15, 0.2) is 18.2 Å². The van der Waals surface area contributed by atoms with Gasteiger partial charge in [0.25, 0.3) is 5.91 Å². The number of aryl methyl sites for hydroxylation is 2. The first-order chi connectivity index (χ1) is 12.3. The summed E-state index contributed by atoms with van der Waals surface area (Å²) in [6, 6.07) is 6.01. The molecule has 1 saturated heterocycles. The Morgan fingerprint density at radius 1 is 1.27 bits per heavy atom. The number of quaternary nitrogens is 1. The summed E-state index contributed by atoms with van der Waals surface area (Å²) in [6.45, 7) is 12.7. The molecule has 1 aliphatic rings. The number of esters is 1. The molecule has 1 fully saturated rings. The van der Waals surface area contributed by atoms with Crippen LogP contribution < -0.4 is 5.32 Å². The number of nitrogens with one attached hydrogen (secondary N) is 1. The summed E-state index contributed by atoms with van der Waals surface area (Å²) >= 11 is 0. The lowest BCUT2D eigenvalue weighted by Crippen LogP contribution is -2.58. The van der Waals surface area contributed by atoms with Gasteiger partial charge in [-0.25, -0.2) is 0 Å². The van der Waals surface area contributed by atoms with Crippen LogP contribution in [0.2, 0.25) is 0 Å². The van der Waals surface area contributed by atoms with Gasteiger partial charge in [-0.3, -0.25) is 9.59 Å². The van der Waals surface area contributed by atoms with E-state index >= 15 is 0 Å². The molecule has 5 nitrogen and oxygen atoms in total. The van der Waals surface area contributed by atoms with Gasteiger partial charge in [0.15, 0.2) is 6.54 Å². The maximum Gasteiger partial charge on any atom is 0.314 e. The van der Waals surface area contributed by atoms with E-state index in [4.69, 9.17) is 4.74 Å². The summed E-state index contributed by atoms with van der Waals surface area (Å²) < 4.78 is 6.06. The van der Waals surface area contributed by atoms with Crippen molar-refractivity contribution in [2.24, 2.45) is 5.92 Å². The van der Waals surface area contributed by atoms with Crippen LogP contribution in [0.5, 0.6) is 0 Å². The van der Waals surface area contributed by atoms with Crippen LogP contribution in [-0.2, 0) is 14.3 Å². The second kappa shape index (κ2) is 8.67. The molecule has 5 heteroatoms. The number of likely N-dealkylation sites (tertiary alicyclic amines) is 1.